The second-order valence-corrected chi connectivity index (χ2v) is 6.56. The minimum Gasteiger partial charge on any atom is -0.0616 e. The molecule has 5 rings (SSSR count). The molecule has 25 heavy (non-hydrogen) atoms. The molecule has 5 aromatic rings. The molecule has 0 aliphatic rings. The second kappa shape index (κ2) is 5.75. The van der Waals surface area contributed by atoms with Crippen LogP contribution in [0, 0.1) is 6.42 Å². The minimum absolute atomic E-state index is 1.23. The molecule has 0 atom stereocenters. The summed E-state index contributed by atoms with van der Waals surface area (Å²) in [5, 5.41) is 7.72. The lowest BCUT2D eigenvalue weighted by Crippen LogP contribution is -1.86. The molecule has 0 bridgehead atoms. The van der Waals surface area contributed by atoms with Gasteiger partial charge in [-0.2, -0.15) is 0 Å². The van der Waals surface area contributed by atoms with Crippen molar-refractivity contribution in [3.05, 3.63) is 115 Å². The van der Waals surface area contributed by atoms with Gasteiger partial charge < -0.3 is 0 Å². The van der Waals surface area contributed by atoms with E-state index in [1.54, 1.807) is 0 Å². The highest BCUT2D eigenvalue weighted by Gasteiger charge is 2.02. The maximum Gasteiger partial charge on any atom is 0.0199 e. The standard InChI is InChI=1S/C25H17/c1-2-6-21-14-18(9-11-20(21)5-1)13-19-10-12-24-16-22-7-3-4-8-23(22)17-25(24)15-19/h1-17H. The molecule has 0 fully saturated rings. The molecule has 0 aliphatic heterocycles. The molecule has 1 radical (unpaired) electrons. The molecule has 0 heterocycles. The predicted octanol–water partition coefficient (Wildman–Crippen LogP) is 6.75. The Balaban J connectivity index is 1.56. The van der Waals surface area contributed by atoms with Gasteiger partial charge in [0.25, 0.3) is 0 Å². The maximum atomic E-state index is 2.28. The summed E-state index contributed by atoms with van der Waals surface area (Å²) >= 11 is 0. The number of hydrogen-bond acceptors (Lipinski definition) is 0. The highest BCUT2D eigenvalue weighted by Crippen LogP contribution is 2.26. The number of rotatable bonds is 2. The Bertz CT molecular complexity index is 1210. The Morgan fingerprint density at radius 1 is 0.360 bits per heavy atom. The van der Waals surface area contributed by atoms with E-state index in [2.05, 4.69) is 103 Å². The molecule has 0 aliphatic carbocycles. The van der Waals surface area contributed by atoms with Crippen molar-refractivity contribution in [3.8, 4) is 0 Å². The van der Waals surface area contributed by atoms with Crippen LogP contribution in [0.1, 0.15) is 11.1 Å². The van der Waals surface area contributed by atoms with Gasteiger partial charge in [0.1, 0.15) is 0 Å². The molecule has 0 heteroatoms. The minimum atomic E-state index is 1.23. The first-order valence-corrected chi connectivity index (χ1v) is 8.61. The van der Waals surface area contributed by atoms with Crippen LogP contribution in [0.5, 0.6) is 0 Å². The number of benzene rings is 5. The van der Waals surface area contributed by atoms with E-state index in [0.717, 1.165) is 0 Å². The molecule has 0 N–H and O–H groups in total. The van der Waals surface area contributed by atoms with Crippen molar-refractivity contribution in [2.24, 2.45) is 0 Å². The fourth-order valence-electron chi connectivity index (χ4n) is 3.54. The van der Waals surface area contributed by atoms with Gasteiger partial charge in [0.2, 0.25) is 0 Å². The highest BCUT2D eigenvalue weighted by molar-refractivity contribution is 5.98. The van der Waals surface area contributed by atoms with Gasteiger partial charge in [-0.1, -0.05) is 84.9 Å². The van der Waals surface area contributed by atoms with Gasteiger partial charge >= 0.3 is 0 Å². The predicted molar refractivity (Wildman–Crippen MR) is 108 cm³/mol. The molecule has 0 spiro atoms. The van der Waals surface area contributed by atoms with Crippen molar-refractivity contribution in [2.45, 2.75) is 0 Å². The van der Waals surface area contributed by atoms with Crippen LogP contribution in [0.4, 0.5) is 0 Å². The molecule has 0 amide bonds. The first kappa shape index (κ1) is 14.2. The molecule has 0 saturated carbocycles. The monoisotopic (exact) mass is 317 g/mol. The quantitative estimate of drug-likeness (QED) is 0.316. The second-order valence-electron chi connectivity index (χ2n) is 6.56. The Morgan fingerprint density at radius 2 is 0.800 bits per heavy atom. The third kappa shape index (κ3) is 2.66. The van der Waals surface area contributed by atoms with E-state index in [9.17, 15) is 0 Å². The van der Waals surface area contributed by atoms with Gasteiger partial charge in [0.15, 0.2) is 0 Å². The van der Waals surface area contributed by atoms with Crippen molar-refractivity contribution >= 4 is 32.3 Å². The Morgan fingerprint density at radius 3 is 1.48 bits per heavy atom. The summed E-state index contributed by atoms with van der Waals surface area (Å²) in [5.41, 5.74) is 2.47. The fourth-order valence-corrected chi connectivity index (χ4v) is 3.54. The maximum absolute atomic E-state index is 2.28. The van der Waals surface area contributed by atoms with Gasteiger partial charge in [0, 0.05) is 6.42 Å². The average molecular weight is 317 g/mol. The van der Waals surface area contributed by atoms with Gasteiger partial charge in [0.05, 0.1) is 0 Å². The molecular formula is C25H17. The zero-order chi connectivity index (χ0) is 16.6. The molecule has 0 aromatic heterocycles. The first-order valence-electron chi connectivity index (χ1n) is 8.61. The third-order valence-electron chi connectivity index (χ3n) is 4.84. The van der Waals surface area contributed by atoms with Crippen molar-refractivity contribution in [1.82, 2.24) is 0 Å². The fraction of sp³-hybridized carbons (Fsp3) is 0. The van der Waals surface area contributed by atoms with E-state index >= 15 is 0 Å². The van der Waals surface area contributed by atoms with Gasteiger partial charge in [-0.3, -0.25) is 0 Å². The Hall–Kier alpha value is -3.12. The molecule has 0 saturated heterocycles. The SMILES string of the molecule is [CH](c1ccc2ccccc2c1)c1ccc2cc3ccccc3cc2c1. The lowest BCUT2D eigenvalue weighted by atomic mass is 9.97. The summed E-state index contributed by atoms with van der Waals surface area (Å²) in [7, 11) is 0. The van der Waals surface area contributed by atoms with Gasteiger partial charge in [-0.15, -0.1) is 0 Å². The van der Waals surface area contributed by atoms with Crippen LogP contribution in [-0.4, -0.2) is 0 Å². The average Bonchev–Trinajstić information content (AvgIpc) is 2.66. The highest BCUT2D eigenvalue weighted by atomic mass is 14.1. The van der Waals surface area contributed by atoms with Gasteiger partial charge in [-0.05, 0) is 55.6 Å². The molecular weight excluding hydrogens is 300 g/mol. The van der Waals surface area contributed by atoms with Crippen LogP contribution in [0.2, 0.25) is 0 Å². The largest absolute Gasteiger partial charge is 0.0616 e. The van der Waals surface area contributed by atoms with Crippen LogP contribution >= 0.6 is 0 Å². The molecule has 0 nitrogen and oxygen atoms in total. The van der Waals surface area contributed by atoms with Gasteiger partial charge in [-0.25, -0.2) is 0 Å². The first-order chi connectivity index (χ1) is 12.3. The van der Waals surface area contributed by atoms with Crippen LogP contribution in [0.25, 0.3) is 32.3 Å². The summed E-state index contributed by atoms with van der Waals surface area (Å²) < 4.78 is 0. The zero-order valence-corrected chi connectivity index (χ0v) is 13.8. The van der Waals surface area contributed by atoms with Crippen molar-refractivity contribution in [2.75, 3.05) is 0 Å². The summed E-state index contributed by atoms with van der Waals surface area (Å²) in [4.78, 5) is 0. The van der Waals surface area contributed by atoms with E-state index < -0.39 is 0 Å². The molecule has 117 valence electrons. The third-order valence-corrected chi connectivity index (χ3v) is 4.84. The van der Waals surface area contributed by atoms with Crippen molar-refractivity contribution < 1.29 is 0 Å². The van der Waals surface area contributed by atoms with E-state index in [1.165, 1.54) is 43.4 Å². The smallest absolute Gasteiger partial charge is 0.0199 e. The molecule has 5 aromatic carbocycles. The topological polar surface area (TPSA) is 0 Å². The Kier molecular flexibility index (Phi) is 3.28. The van der Waals surface area contributed by atoms with E-state index in [1.807, 2.05) is 0 Å². The van der Waals surface area contributed by atoms with Crippen LogP contribution < -0.4 is 0 Å². The zero-order valence-electron chi connectivity index (χ0n) is 13.8. The number of hydrogen-bond donors (Lipinski definition) is 0. The summed E-state index contributed by atoms with van der Waals surface area (Å²) in [5.74, 6) is 0. The van der Waals surface area contributed by atoms with Crippen molar-refractivity contribution in [1.29, 1.82) is 0 Å². The van der Waals surface area contributed by atoms with Crippen LogP contribution in [0.15, 0.2) is 97.1 Å². The van der Waals surface area contributed by atoms with Crippen LogP contribution in [0.3, 0.4) is 0 Å². The normalized spacial score (nSPS) is 11.4. The molecule has 0 unspecified atom stereocenters. The summed E-state index contributed by atoms with van der Waals surface area (Å²) in [6.45, 7) is 0. The van der Waals surface area contributed by atoms with Crippen LogP contribution in [-0.2, 0) is 0 Å². The van der Waals surface area contributed by atoms with E-state index in [4.69, 9.17) is 0 Å². The van der Waals surface area contributed by atoms with E-state index in [0.29, 0.717) is 0 Å². The summed E-state index contributed by atoms with van der Waals surface area (Å²) in [6.07, 6.45) is 2.25. The number of fused-ring (bicyclic) bond motifs is 3. The van der Waals surface area contributed by atoms with E-state index in [-0.39, 0.29) is 0 Å². The Labute approximate surface area is 147 Å². The lowest BCUT2D eigenvalue weighted by molar-refractivity contribution is 1.47. The van der Waals surface area contributed by atoms with Crippen molar-refractivity contribution in [3.63, 3.8) is 0 Å². The lowest BCUT2D eigenvalue weighted by Gasteiger charge is -2.07. The summed E-state index contributed by atoms with van der Waals surface area (Å²) in [6, 6.07) is 34.9.